The molecule has 12 aromatic heterocycles. The summed E-state index contributed by atoms with van der Waals surface area (Å²) in [5, 5.41) is 13.0. The number of aryl methyl sites for hydroxylation is 2. The molecule has 22 heteroatoms. The second-order valence-corrected chi connectivity index (χ2v) is 27.1. The summed E-state index contributed by atoms with van der Waals surface area (Å²) >= 11 is 0. The quantitative estimate of drug-likeness (QED) is 0.0649. The number of nitrogen functional groups attached to an aromatic ring is 4. The highest BCUT2D eigenvalue weighted by Crippen LogP contribution is 2.44. The smallest absolute Gasteiger partial charge is 0.159 e. The lowest BCUT2D eigenvalue weighted by atomic mass is 9.82. The largest absolute Gasteiger partial charge is 0.396 e. The molecular weight excluding hydrogens is 1220 g/mol. The van der Waals surface area contributed by atoms with Crippen LogP contribution in [0.2, 0.25) is 0 Å². The highest BCUT2D eigenvalue weighted by molar-refractivity contribution is 5.95. The predicted octanol–water partition coefficient (Wildman–Crippen LogP) is 14.9. The highest BCUT2D eigenvalue weighted by atomic mass is 16.3. The third kappa shape index (κ3) is 10.7. The number of benzene rings is 4. The Bertz CT molecular complexity index is 5410. The lowest BCUT2D eigenvalue weighted by molar-refractivity contribution is 0.181. The van der Waals surface area contributed by atoms with Crippen molar-refractivity contribution in [3.8, 4) is 45.7 Å². The van der Waals surface area contributed by atoms with E-state index in [-0.39, 0.29) is 6.61 Å². The normalized spacial score (nSPS) is 16.7. The van der Waals surface area contributed by atoms with E-state index in [1.54, 1.807) is 24.8 Å². The molecule has 0 bridgehead atoms. The molecule has 0 radical (unpaired) electrons. The molecule has 0 saturated heterocycles. The maximum Gasteiger partial charge on any atom is 0.159 e. The third-order valence-corrected chi connectivity index (χ3v) is 20.8. The Labute approximate surface area is 563 Å². The number of anilines is 4. The van der Waals surface area contributed by atoms with E-state index in [0.29, 0.717) is 52.9 Å². The van der Waals surface area contributed by atoms with Crippen LogP contribution in [0.15, 0.2) is 153 Å². The first-order chi connectivity index (χ1) is 48.0. The van der Waals surface area contributed by atoms with Gasteiger partial charge in [-0.1, -0.05) is 73.4 Å². The maximum absolute atomic E-state index is 9.43. The Morgan fingerprint density at radius 2 is 0.786 bits per heavy atom. The predicted molar refractivity (Wildman–Crippen MR) is 388 cm³/mol. The van der Waals surface area contributed by atoms with Crippen molar-refractivity contribution in [1.29, 1.82) is 0 Å². The van der Waals surface area contributed by atoms with Gasteiger partial charge in [-0.25, -0.2) is 44.9 Å². The number of aliphatic hydroxyl groups excluding tert-OH is 1. The summed E-state index contributed by atoms with van der Waals surface area (Å²) in [6, 6.07) is 35.4. The van der Waals surface area contributed by atoms with Crippen molar-refractivity contribution in [3.05, 3.63) is 187 Å². The number of fused-ring (bicyclic) bond motifs is 8. The SMILES string of the molecule is Cc1ccc2[nH]c(-c3nc(C4CCC4)n4ccnc(N)c34)cc2c1.Cc1ccc2cc(-c3nc(C4CCC4)n4ccnc(N)c34)[nH]c2c1.Nc1nccn2c(C3CCC(CO)CC3)nc(-c3cc4ccccc4[nH]3)c12.Nc1nccn2c(C3CCC3)nc(-c3nc4ccccc4[nH]3)c12. The molecule has 4 aromatic carbocycles. The number of H-pyrrole nitrogens is 4. The minimum Gasteiger partial charge on any atom is -0.396 e. The molecule has 12 heterocycles. The number of imidazole rings is 5. The number of rotatable bonds is 9. The Balaban J connectivity index is 0.0000000984. The zero-order chi connectivity index (χ0) is 66.3. The summed E-state index contributed by atoms with van der Waals surface area (Å²) in [7, 11) is 0. The van der Waals surface area contributed by atoms with Crippen molar-refractivity contribution in [1.82, 2.24) is 82.4 Å². The summed E-state index contributed by atoms with van der Waals surface area (Å²) in [6.07, 6.45) is 30.0. The van der Waals surface area contributed by atoms with Gasteiger partial charge < -0.3 is 48.0 Å². The van der Waals surface area contributed by atoms with Crippen molar-refractivity contribution in [3.63, 3.8) is 0 Å². The number of nitrogens with one attached hydrogen (secondary N) is 4. The number of aromatic amines is 4. The molecule has 22 nitrogen and oxygen atoms in total. The number of nitrogens with two attached hydrogens (primary N) is 4. The molecule has 0 unspecified atom stereocenters. The van der Waals surface area contributed by atoms with Crippen molar-refractivity contribution >= 4 is 89.1 Å². The zero-order valence-corrected chi connectivity index (χ0v) is 54.8. The second kappa shape index (κ2) is 24.7. The van der Waals surface area contributed by atoms with Crippen LogP contribution in [0.5, 0.6) is 0 Å². The van der Waals surface area contributed by atoms with Crippen LogP contribution in [-0.2, 0) is 0 Å². The third-order valence-electron chi connectivity index (χ3n) is 20.8. The standard InChI is InChI=1S/C21H23N5O.2C19H19N5.C17H16N6/c22-20-19-18(17-11-15-3-1-2-4-16(15)24-17)25-21(26(19)10-9-23-20)14-7-5-13(12-27)6-8-14;1-11-5-6-14-13(9-11)10-15(22-14)16-17-18(20)21-7-8-24(17)19(23-16)12-3-2-4-12;1-11-5-6-13-10-15(22-14(13)9-11)16-17-18(20)21-7-8-24(17)19(23-16)12-3-2-4-12;18-15-14-13(16-20-11-6-1-2-7-12(11)21-16)22-17(10-4-3-5-10)23(14)9-8-19-15/h1-4,9-11,13-14,24,27H,5-8,12H2,(H2,22,23);2*5-10,12,22H,2-4H2,1H3,(H2,20,21);1-2,6-10H,3-5H2,(H2,18,19)(H,20,21). The Hall–Kier alpha value is -11.4. The van der Waals surface area contributed by atoms with Crippen molar-refractivity contribution in [2.24, 2.45) is 5.92 Å². The van der Waals surface area contributed by atoms with Gasteiger partial charge in [-0.2, -0.15) is 0 Å². The highest BCUT2D eigenvalue weighted by Gasteiger charge is 2.32. The van der Waals surface area contributed by atoms with E-state index in [0.717, 1.165) is 150 Å². The number of aromatic nitrogens is 17. The van der Waals surface area contributed by atoms with Crippen molar-refractivity contribution in [2.75, 3.05) is 29.5 Å². The molecular formula is C76H77N21O. The lowest BCUT2D eigenvalue weighted by Gasteiger charge is -2.26. The number of nitrogens with zero attached hydrogens (tertiary/aromatic N) is 13. The molecule has 4 saturated carbocycles. The molecule has 492 valence electrons. The number of hydrogen-bond acceptors (Lipinski definition) is 14. The minimum atomic E-state index is 0.284. The maximum atomic E-state index is 9.43. The fourth-order valence-electron chi connectivity index (χ4n) is 14.8. The molecule has 16 aromatic rings. The minimum absolute atomic E-state index is 0.284. The van der Waals surface area contributed by atoms with E-state index >= 15 is 0 Å². The molecule has 98 heavy (non-hydrogen) atoms. The number of aliphatic hydroxyl groups is 1. The zero-order valence-electron chi connectivity index (χ0n) is 54.8. The van der Waals surface area contributed by atoms with Gasteiger partial charge in [-0.15, -0.1) is 0 Å². The fraction of sp³-hybridized carbons (Fsp3) is 0.276. The molecule has 0 atom stereocenters. The Morgan fingerprint density at radius 1 is 0.388 bits per heavy atom. The van der Waals surface area contributed by atoms with Gasteiger partial charge in [0.25, 0.3) is 0 Å². The van der Waals surface area contributed by atoms with Crippen LogP contribution >= 0.6 is 0 Å². The summed E-state index contributed by atoms with van der Waals surface area (Å²) in [6.45, 7) is 4.49. The van der Waals surface area contributed by atoms with Gasteiger partial charge in [-0.3, -0.25) is 17.6 Å². The topological polar surface area (TPSA) is 321 Å². The molecule has 0 aliphatic heterocycles. The summed E-state index contributed by atoms with van der Waals surface area (Å²) in [5.41, 5.74) is 42.5. The molecule has 20 rings (SSSR count). The summed E-state index contributed by atoms with van der Waals surface area (Å²) in [5.74, 6) is 9.46. The van der Waals surface area contributed by atoms with Crippen LogP contribution in [0.4, 0.5) is 23.3 Å². The fourth-order valence-corrected chi connectivity index (χ4v) is 14.8. The summed E-state index contributed by atoms with van der Waals surface area (Å²) < 4.78 is 8.43. The number of para-hydroxylation sites is 3. The van der Waals surface area contributed by atoms with Crippen molar-refractivity contribution in [2.45, 2.75) is 121 Å². The van der Waals surface area contributed by atoms with Crippen molar-refractivity contribution < 1.29 is 5.11 Å². The Kier molecular flexibility index (Phi) is 15.2. The van der Waals surface area contributed by atoms with Crippen LogP contribution in [0.3, 0.4) is 0 Å². The number of hydrogen-bond donors (Lipinski definition) is 9. The Morgan fingerprint density at radius 3 is 1.26 bits per heavy atom. The van der Waals surface area contributed by atoms with E-state index in [2.05, 4.69) is 143 Å². The first-order valence-electron chi connectivity index (χ1n) is 34.3. The van der Waals surface area contributed by atoms with Gasteiger partial charge in [0.1, 0.15) is 91.4 Å². The second-order valence-electron chi connectivity index (χ2n) is 27.1. The molecule has 0 spiro atoms. The van der Waals surface area contributed by atoms with Crippen LogP contribution in [0.25, 0.3) is 111 Å². The van der Waals surface area contributed by atoms with E-state index in [9.17, 15) is 5.11 Å². The summed E-state index contributed by atoms with van der Waals surface area (Å²) in [4.78, 5) is 55.5. The van der Waals surface area contributed by atoms with Crippen LogP contribution in [0.1, 0.15) is 142 Å². The first-order valence-corrected chi connectivity index (χ1v) is 34.3. The average molecular weight is 1300 g/mol. The van der Waals surface area contributed by atoms with Crippen LogP contribution in [-0.4, -0.2) is 94.1 Å². The molecule has 4 fully saturated rings. The van der Waals surface area contributed by atoms with Gasteiger partial charge in [0.15, 0.2) is 5.82 Å². The molecule has 0 amide bonds. The van der Waals surface area contributed by atoms with Gasteiger partial charge in [-0.05, 0) is 144 Å². The molecule has 4 aliphatic carbocycles. The molecule has 13 N–H and O–H groups in total. The van der Waals surface area contributed by atoms with E-state index in [1.165, 1.54) is 79.7 Å². The monoisotopic (exact) mass is 1300 g/mol. The average Bonchev–Trinajstić information content (AvgIpc) is 1.62. The van der Waals surface area contributed by atoms with Gasteiger partial charge in [0.05, 0.1) is 28.1 Å². The lowest BCUT2D eigenvalue weighted by Crippen LogP contribution is -2.17. The van der Waals surface area contributed by atoms with Gasteiger partial charge >= 0.3 is 0 Å². The van der Waals surface area contributed by atoms with E-state index in [4.69, 9.17) is 42.9 Å². The van der Waals surface area contributed by atoms with E-state index in [1.807, 2.05) is 61.2 Å². The first kappa shape index (κ1) is 60.3. The van der Waals surface area contributed by atoms with Crippen LogP contribution < -0.4 is 22.9 Å². The van der Waals surface area contributed by atoms with Gasteiger partial charge in [0.2, 0.25) is 0 Å². The molecule has 4 aliphatic rings. The van der Waals surface area contributed by atoms with E-state index < -0.39 is 0 Å². The van der Waals surface area contributed by atoms with Crippen LogP contribution in [0, 0.1) is 19.8 Å². The van der Waals surface area contributed by atoms with Gasteiger partial charge in [0, 0.05) is 113 Å².